The zero-order valence-corrected chi connectivity index (χ0v) is 26.0. The van der Waals surface area contributed by atoms with E-state index in [1.54, 1.807) is 74.2 Å². The van der Waals surface area contributed by atoms with Crippen LogP contribution in [0.2, 0.25) is 0 Å². The summed E-state index contributed by atoms with van der Waals surface area (Å²) in [4.78, 5) is 25.7. The molecule has 0 heterocycles. The second kappa shape index (κ2) is 19.5. The topological polar surface area (TPSA) is 91.3 Å². The molecule has 4 rings (SSSR count). The molecule has 1 N–H and O–H groups in total. The third-order valence-electron chi connectivity index (χ3n) is 6.05. The third kappa shape index (κ3) is 11.7. The number of methoxy groups -OCH3 is 4. The zero-order chi connectivity index (χ0) is 31.0. The number of rotatable bonds is 12. The van der Waals surface area contributed by atoms with Gasteiger partial charge in [0, 0.05) is 12.1 Å². The molecule has 44 heavy (non-hydrogen) atoms. The van der Waals surface area contributed by atoms with Gasteiger partial charge in [0.1, 0.15) is 28.8 Å². The van der Waals surface area contributed by atoms with Crippen molar-refractivity contribution >= 4 is 23.7 Å². The van der Waals surface area contributed by atoms with Crippen LogP contribution < -0.4 is 18.9 Å². The standard InChI is InChI=1S/C31H29O7.C5H5.Fe/c1-35-24-15-21(16-25(19-24)36-2)9-12-30(33)28(11-14-29(32)23-7-5-6-8-23)31(34)13-10-22-17-26(37-3)20-27(18-22)38-4;1-2-4-5-3-1;/h5-20,33H,1-4H3;1-5H;/q;;+2/b12-9+,13-10+,14-11+,30-28-;;. The molecule has 2 aromatic rings. The first-order chi connectivity index (χ1) is 20.9. The summed E-state index contributed by atoms with van der Waals surface area (Å²) in [5.41, 5.74) is 1.27. The first-order valence-corrected chi connectivity index (χ1v) is 13.3. The Bertz CT molecular complexity index is 1290. The molecule has 0 aliphatic heterocycles. The van der Waals surface area contributed by atoms with E-state index in [2.05, 4.69) is 0 Å². The van der Waals surface area contributed by atoms with Crippen molar-refractivity contribution in [1.82, 2.24) is 0 Å². The smallest absolute Gasteiger partial charge is 0.507 e. The van der Waals surface area contributed by atoms with Crippen molar-refractivity contribution in [3.05, 3.63) is 147 Å². The number of hydrogen-bond acceptors (Lipinski definition) is 7. The predicted molar refractivity (Wildman–Crippen MR) is 168 cm³/mol. The Hall–Kier alpha value is -3.74. The maximum Gasteiger partial charge on any atom is 2.00 e. The minimum Gasteiger partial charge on any atom is -0.507 e. The Morgan fingerprint density at radius 1 is 0.568 bits per heavy atom. The minimum absolute atomic E-state index is 0. The largest absolute Gasteiger partial charge is 2.00 e. The van der Waals surface area contributed by atoms with Gasteiger partial charge in [0.2, 0.25) is 0 Å². The molecule has 226 valence electrons. The van der Waals surface area contributed by atoms with Crippen molar-refractivity contribution in [2.75, 3.05) is 28.4 Å². The van der Waals surface area contributed by atoms with Gasteiger partial charge >= 0.3 is 17.1 Å². The summed E-state index contributed by atoms with van der Waals surface area (Å²) >= 11 is 0. The van der Waals surface area contributed by atoms with E-state index in [-0.39, 0.29) is 34.2 Å². The van der Waals surface area contributed by atoms with Crippen molar-refractivity contribution in [2.45, 2.75) is 0 Å². The number of hydrogen-bond donors (Lipinski definition) is 1. The van der Waals surface area contributed by atoms with Crippen LogP contribution in [0.1, 0.15) is 11.1 Å². The molecule has 0 bridgehead atoms. The van der Waals surface area contributed by atoms with Gasteiger partial charge in [-0.05, 0) is 117 Å². The molecule has 7 nitrogen and oxygen atoms in total. The predicted octanol–water partition coefficient (Wildman–Crippen LogP) is 6.38. The van der Waals surface area contributed by atoms with Crippen LogP contribution in [-0.2, 0) is 26.7 Å². The summed E-state index contributed by atoms with van der Waals surface area (Å²) in [5.74, 6) is 1.61. The maximum absolute atomic E-state index is 13.2. The van der Waals surface area contributed by atoms with Crippen LogP contribution in [0.5, 0.6) is 23.0 Å². The molecule has 0 amide bonds. The van der Waals surface area contributed by atoms with E-state index >= 15 is 0 Å². The third-order valence-corrected chi connectivity index (χ3v) is 6.05. The fourth-order valence-corrected chi connectivity index (χ4v) is 3.79. The van der Waals surface area contributed by atoms with Gasteiger partial charge in [-0.1, -0.05) is 12.2 Å². The number of carbonyl (C=O) groups excluding carboxylic acids is 2. The number of carbonyl (C=O) groups is 2. The van der Waals surface area contributed by atoms with Gasteiger partial charge < -0.3 is 24.1 Å². The first-order valence-electron chi connectivity index (χ1n) is 13.3. The number of aliphatic hydroxyl groups is 1. The van der Waals surface area contributed by atoms with Crippen molar-refractivity contribution < 1.29 is 50.7 Å². The quantitative estimate of drug-likeness (QED) is 0.126. The van der Waals surface area contributed by atoms with Crippen LogP contribution >= 0.6 is 0 Å². The van der Waals surface area contributed by atoms with Gasteiger partial charge in [-0.3, -0.25) is 9.59 Å². The Morgan fingerprint density at radius 3 is 1.39 bits per heavy atom. The summed E-state index contributed by atoms with van der Waals surface area (Å²) < 4.78 is 21.1. The van der Waals surface area contributed by atoms with Gasteiger partial charge in [0.25, 0.3) is 0 Å². The number of ketones is 2. The van der Waals surface area contributed by atoms with E-state index in [1.165, 1.54) is 52.7 Å². The molecular weight excluding hydrogens is 600 g/mol. The van der Waals surface area contributed by atoms with Gasteiger partial charge in [-0.2, -0.15) is 0 Å². The van der Waals surface area contributed by atoms with E-state index < -0.39 is 5.78 Å². The molecular formula is C36H34FeO7+2. The van der Waals surface area contributed by atoms with E-state index in [9.17, 15) is 14.7 Å². The molecule has 2 fully saturated rings. The van der Waals surface area contributed by atoms with Crippen molar-refractivity contribution in [3.63, 3.8) is 0 Å². The SMILES string of the molecule is COc1cc(/C=C/C(=O)C(/C=C/C(=O)[C]2[CH][CH][CH][CH]2)=C(O)/C=C/c2cc(OC)cc(OC)c2)cc(OC)c1.[CH]1[CH][CH][CH][CH]1.[Fe+2]. The van der Waals surface area contributed by atoms with Crippen LogP contribution in [0.25, 0.3) is 12.2 Å². The van der Waals surface area contributed by atoms with Gasteiger partial charge in [0.15, 0.2) is 11.6 Å². The van der Waals surface area contributed by atoms with Gasteiger partial charge in [-0.25, -0.2) is 0 Å². The molecule has 2 aromatic carbocycles. The molecule has 0 aromatic heterocycles. The molecule has 2 aliphatic carbocycles. The first kappa shape index (κ1) is 36.5. The van der Waals surface area contributed by atoms with Crippen LogP contribution in [-0.4, -0.2) is 45.1 Å². The summed E-state index contributed by atoms with van der Waals surface area (Å²) in [6.45, 7) is 0. The summed E-state index contributed by atoms with van der Waals surface area (Å²) in [7, 11) is 6.14. The molecule has 0 unspecified atom stereocenters. The average molecular weight is 635 g/mol. The molecule has 2 saturated carbocycles. The second-order valence-electron chi connectivity index (χ2n) is 8.96. The van der Waals surface area contributed by atoms with E-state index in [0.29, 0.717) is 40.0 Å². The van der Waals surface area contributed by atoms with Crippen LogP contribution in [0.3, 0.4) is 0 Å². The van der Waals surface area contributed by atoms with E-state index in [1.807, 2.05) is 32.1 Å². The second-order valence-corrected chi connectivity index (χ2v) is 8.96. The molecule has 2 aliphatic rings. The van der Waals surface area contributed by atoms with E-state index in [0.717, 1.165) is 0 Å². The molecule has 0 saturated heterocycles. The van der Waals surface area contributed by atoms with Gasteiger partial charge in [0.05, 0.1) is 39.9 Å². The number of ether oxygens (including phenoxy) is 4. The maximum atomic E-state index is 13.2. The molecule has 8 heteroatoms. The minimum atomic E-state index is -0.510. The zero-order valence-electron chi connectivity index (χ0n) is 24.9. The van der Waals surface area contributed by atoms with Crippen molar-refractivity contribution in [3.8, 4) is 23.0 Å². The summed E-state index contributed by atoms with van der Waals surface area (Å²) in [6, 6.07) is 10.4. The van der Waals surface area contributed by atoms with Crippen molar-refractivity contribution in [1.29, 1.82) is 0 Å². The van der Waals surface area contributed by atoms with Crippen LogP contribution in [0.4, 0.5) is 0 Å². The van der Waals surface area contributed by atoms with Crippen molar-refractivity contribution in [2.24, 2.45) is 0 Å². The Labute approximate surface area is 272 Å². The molecule has 0 atom stereocenters. The van der Waals surface area contributed by atoms with Crippen LogP contribution in [0.15, 0.2) is 72.0 Å². The van der Waals surface area contributed by atoms with Crippen LogP contribution in [0, 0.1) is 63.7 Å². The normalized spacial score (nSPS) is 15.5. The Morgan fingerprint density at radius 2 is 0.977 bits per heavy atom. The summed E-state index contributed by atoms with van der Waals surface area (Å²) in [6.07, 6.45) is 25.3. The van der Waals surface area contributed by atoms with E-state index in [4.69, 9.17) is 18.9 Å². The number of allylic oxidation sites excluding steroid dienone is 5. The molecule has 10 radical (unpaired) electrons. The number of benzene rings is 2. The fourth-order valence-electron chi connectivity index (χ4n) is 3.79. The Balaban J connectivity index is 0.00000102. The summed E-state index contributed by atoms with van der Waals surface area (Å²) in [5, 5.41) is 10.9. The Kier molecular flexibility index (Phi) is 16.2. The molecule has 0 spiro atoms. The number of aliphatic hydroxyl groups excluding tert-OH is 1. The average Bonchev–Trinajstić information content (AvgIpc) is 3.80. The monoisotopic (exact) mass is 634 g/mol. The van der Waals surface area contributed by atoms with Gasteiger partial charge in [-0.15, -0.1) is 0 Å². The fraction of sp³-hybridized carbons (Fsp3) is 0.111.